The average molecular weight is 144 g/mol. The molecule has 0 bridgehead atoms. The van der Waals surface area contributed by atoms with Crippen molar-refractivity contribution < 1.29 is 15.0 Å². The SMILES string of the molecule is O=C(O)CC1CC(CO)C1. The minimum Gasteiger partial charge on any atom is -0.481 e. The predicted octanol–water partition coefficient (Wildman–Crippen LogP) is 0.480. The van der Waals surface area contributed by atoms with Crippen LogP contribution in [0.3, 0.4) is 0 Å². The maximum absolute atomic E-state index is 10.1. The molecule has 0 saturated heterocycles. The molecule has 3 heteroatoms. The summed E-state index contributed by atoms with van der Waals surface area (Å²) >= 11 is 0. The lowest BCUT2D eigenvalue weighted by Gasteiger charge is -2.32. The van der Waals surface area contributed by atoms with E-state index in [1.807, 2.05) is 0 Å². The van der Waals surface area contributed by atoms with Gasteiger partial charge in [0.05, 0.1) is 0 Å². The molecule has 1 fully saturated rings. The summed E-state index contributed by atoms with van der Waals surface area (Å²) in [6.45, 7) is 0.218. The maximum atomic E-state index is 10.1. The van der Waals surface area contributed by atoms with Crippen LogP contribution in [0.4, 0.5) is 0 Å². The first-order valence-corrected chi connectivity index (χ1v) is 3.55. The van der Waals surface area contributed by atoms with E-state index in [9.17, 15) is 4.79 Å². The van der Waals surface area contributed by atoms with E-state index in [1.165, 1.54) is 0 Å². The van der Waals surface area contributed by atoms with Gasteiger partial charge in [-0.1, -0.05) is 0 Å². The van der Waals surface area contributed by atoms with Crippen molar-refractivity contribution in [3.05, 3.63) is 0 Å². The fourth-order valence-corrected chi connectivity index (χ4v) is 1.44. The molecular weight excluding hydrogens is 132 g/mol. The first kappa shape index (κ1) is 7.54. The topological polar surface area (TPSA) is 57.5 Å². The lowest BCUT2D eigenvalue weighted by atomic mass is 9.74. The van der Waals surface area contributed by atoms with E-state index < -0.39 is 5.97 Å². The van der Waals surface area contributed by atoms with E-state index in [2.05, 4.69) is 0 Å². The van der Waals surface area contributed by atoms with Crippen LogP contribution in [0.25, 0.3) is 0 Å². The van der Waals surface area contributed by atoms with E-state index in [0.29, 0.717) is 11.8 Å². The first-order chi connectivity index (χ1) is 4.72. The van der Waals surface area contributed by atoms with Crippen molar-refractivity contribution in [1.29, 1.82) is 0 Å². The predicted molar refractivity (Wildman–Crippen MR) is 35.6 cm³/mol. The van der Waals surface area contributed by atoms with Gasteiger partial charge in [-0.05, 0) is 24.7 Å². The maximum Gasteiger partial charge on any atom is 0.303 e. The molecule has 0 aromatic rings. The van der Waals surface area contributed by atoms with E-state index >= 15 is 0 Å². The Morgan fingerprint density at radius 2 is 2.00 bits per heavy atom. The number of carbonyl (C=O) groups is 1. The smallest absolute Gasteiger partial charge is 0.303 e. The van der Waals surface area contributed by atoms with Gasteiger partial charge in [0.15, 0.2) is 0 Å². The Morgan fingerprint density at radius 3 is 2.40 bits per heavy atom. The zero-order valence-electron chi connectivity index (χ0n) is 5.79. The van der Waals surface area contributed by atoms with Gasteiger partial charge < -0.3 is 10.2 Å². The summed E-state index contributed by atoms with van der Waals surface area (Å²) in [5.74, 6) is -0.0135. The molecule has 0 amide bonds. The van der Waals surface area contributed by atoms with Crippen molar-refractivity contribution in [2.45, 2.75) is 19.3 Å². The third-order valence-electron chi connectivity index (χ3n) is 2.05. The van der Waals surface area contributed by atoms with Crippen molar-refractivity contribution >= 4 is 5.97 Å². The van der Waals surface area contributed by atoms with Gasteiger partial charge in [-0.3, -0.25) is 4.79 Å². The molecule has 2 N–H and O–H groups in total. The Bertz CT molecular complexity index is 127. The second-order valence-corrected chi connectivity index (χ2v) is 2.98. The van der Waals surface area contributed by atoms with Gasteiger partial charge in [-0.25, -0.2) is 0 Å². The molecule has 1 saturated carbocycles. The summed E-state index contributed by atoms with van der Waals surface area (Å²) in [4.78, 5) is 10.1. The van der Waals surface area contributed by atoms with E-state index in [4.69, 9.17) is 10.2 Å². The van der Waals surface area contributed by atoms with Crippen LogP contribution >= 0.6 is 0 Å². The van der Waals surface area contributed by atoms with Crippen LogP contribution in [0.15, 0.2) is 0 Å². The quantitative estimate of drug-likeness (QED) is 0.605. The zero-order chi connectivity index (χ0) is 7.56. The van der Waals surface area contributed by atoms with Gasteiger partial charge in [-0.15, -0.1) is 0 Å². The molecule has 0 atom stereocenters. The molecule has 0 unspecified atom stereocenters. The van der Waals surface area contributed by atoms with Gasteiger partial charge in [0.1, 0.15) is 0 Å². The van der Waals surface area contributed by atoms with E-state index in [0.717, 1.165) is 12.8 Å². The summed E-state index contributed by atoms with van der Waals surface area (Å²) in [6.07, 6.45) is 2.06. The molecule has 0 heterocycles. The molecule has 1 aliphatic rings. The van der Waals surface area contributed by atoms with Crippen molar-refractivity contribution in [2.75, 3.05) is 6.61 Å². The molecule has 0 spiro atoms. The highest BCUT2D eigenvalue weighted by Gasteiger charge is 2.29. The molecule has 0 radical (unpaired) electrons. The summed E-state index contributed by atoms with van der Waals surface area (Å²) in [5.41, 5.74) is 0. The molecule has 0 aliphatic heterocycles. The largest absolute Gasteiger partial charge is 0.481 e. The van der Waals surface area contributed by atoms with Crippen molar-refractivity contribution in [1.82, 2.24) is 0 Å². The molecule has 58 valence electrons. The van der Waals surface area contributed by atoms with Gasteiger partial charge in [-0.2, -0.15) is 0 Å². The highest BCUT2D eigenvalue weighted by molar-refractivity contribution is 5.67. The third kappa shape index (κ3) is 1.70. The molecule has 3 nitrogen and oxygen atoms in total. The highest BCUT2D eigenvalue weighted by Crippen LogP contribution is 2.35. The van der Waals surface area contributed by atoms with Crippen LogP contribution in [0.5, 0.6) is 0 Å². The van der Waals surface area contributed by atoms with Crippen LogP contribution in [0, 0.1) is 11.8 Å². The number of carboxylic acids is 1. The Kier molecular flexibility index (Phi) is 2.27. The number of carboxylic acid groups (broad SMARTS) is 1. The summed E-state index contributed by atoms with van der Waals surface area (Å²) < 4.78 is 0. The highest BCUT2D eigenvalue weighted by atomic mass is 16.4. The fraction of sp³-hybridized carbons (Fsp3) is 0.857. The van der Waals surface area contributed by atoms with Crippen molar-refractivity contribution in [2.24, 2.45) is 11.8 Å². The van der Waals surface area contributed by atoms with Gasteiger partial charge >= 0.3 is 5.97 Å². The van der Waals surface area contributed by atoms with Crippen LogP contribution in [0.2, 0.25) is 0 Å². The van der Waals surface area contributed by atoms with Crippen LogP contribution in [-0.2, 0) is 4.79 Å². The number of rotatable bonds is 3. The lowest BCUT2D eigenvalue weighted by molar-refractivity contribution is -0.139. The van der Waals surface area contributed by atoms with Gasteiger partial charge in [0.25, 0.3) is 0 Å². The molecule has 1 aliphatic carbocycles. The van der Waals surface area contributed by atoms with E-state index in [1.54, 1.807) is 0 Å². The second kappa shape index (κ2) is 3.01. The monoisotopic (exact) mass is 144 g/mol. The Morgan fingerprint density at radius 1 is 1.40 bits per heavy atom. The van der Waals surface area contributed by atoms with Gasteiger partial charge in [0.2, 0.25) is 0 Å². The number of aliphatic hydroxyl groups is 1. The lowest BCUT2D eigenvalue weighted by Crippen LogP contribution is -2.28. The second-order valence-electron chi connectivity index (χ2n) is 2.98. The number of hydrogen-bond acceptors (Lipinski definition) is 2. The molecule has 1 rings (SSSR count). The third-order valence-corrected chi connectivity index (χ3v) is 2.05. The Balaban J connectivity index is 2.08. The standard InChI is InChI=1S/C7H12O3/c8-4-6-1-5(2-6)3-7(9)10/h5-6,8H,1-4H2,(H,9,10). The van der Waals surface area contributed by atoms with Gasteiger partial charge in [0, 0.05) is 13.0 Å². The first-order valence-electron chi connectivity index (χ1n) is 3.55. The minimum atomic E-state index is -0.721. The van der Waals surface area contributed by atoms with Crippen molar-refractivity contribution in [3.8, 4) is 0 Å². The van der Waals surface area contributed by atoms with E-state index in [-0.39, 0.29) is 13.0 Å². The Labute approximate surface area is 59.7 Å². The van der Waals surface area contributed by atoms with Crippen molar-refractivity contribution in [3.63, 3.8) is 0 Å². The number of aliphatic hydroxyl groups excluding tert-OH is 1. The normalized spacial score (nSPS) is 31.3. The minimum absolute atomic E-state index is 0.218. The average Bonchev–Trinajstić information content (AvgIpc) is 1.76. The van der Waals surface area contributed by atoms with Crippen LogP contribution in [-0.4, -0.2) is 22.8 Å². The number of hydrogen-bond donors (Lipinski definition) is 2. The summed E-state index contributed by atoms with van der Waals surface area (Å²) in [5, 5.41) is 16.9. The number of aliphatic carboxylic acids is 1. The summed E-state index contributed by atoms with van der Waals surface area (Å²) in [6, 6.07) is 0. The molecule has 0 aromatic heterocycles. The summed E-state index contributed by atoms with van der Waals surface area (Å²) in [7, 11) is 0. The van der Waals surface area contributed by atoms with Crippen LogP contribution < -0.4 is 0 Å². The molecule has 0 aromatic carbocycles. The Hall–Kier alpha value is -0.570. The van der Waals surface area contributed by atoms with Crippen LogP contribution in [0.1, 0.15) is 19.3 Å². The fourth-order valence-electron chi connectivity index (χ4n) is 1.44. The zero-order valence-corrected chi connectivity index (χ0v) is 5.79. The molecule has 10 heavy (non-hydrogen) atoms. The molecular formula is C7H12O3.